The molecule has 0 bridgehead atoms. The third-order valence-corrected chi connectivity index (χ3v) is 6.05. The summed E-state index contributed by atoms with van der Waals surface area (Å²) < 4.78 is 2.02. The number of nitrogens with one attached hydrogen (secondary N) is 1. The number of nitrogens with zero attached hydrogens (tertiary/aromatic N) is 4. The Labute approximate surface area is 163 Å². The van der Waals surface area contributed by atoms with Crippen molar-refractivity contribution in [3.63, 3.8) is 0 Å². The van der Waals surface area contributed by atoms with Crippen LogP contribution in [0.15, 0.2) is 24.4 Å². The van der Waals surface area contributed by atoms with E-state index in [4.69, 9.17) is 0 Å². The molecule has 0 spiro atoms. The van der Waals surface area contributed by atoms with Gasteiger partial charge in [-0.2, -0.15) is 0 Å². The standard InChI is InChI=1S/C20H25N5OS/c1-13(18-14(2)27-15(3)22-18)21-12-16-19(20(26)24-9-6-7-10-24)23-17-8-4-5-11-25(16)17/h4-5,8,11,13,21H,6-7,9-10,12H2,1-3H3/t13-/m0/s1. The molecule has 4 rings (SSSR count). The molecule has 27 heavy (non-hydrogen) atoms. The zero-order valence-corrected chi connectivity index (χ0v) is 16.8. The second-order valence-corrected chi connectivity index (χ2v) is 8.52. The van der Waals surface area contributed by atoms with Crippen molar-refractivity contribution < 1.29 is 4.79 Å². The first kappa shape index (κ1) is 18.1. The van der Waals surface area contributed by atoms with Crippen molar-refractivity contribution in [1.29, 1.82) is 0 Å². The fourth-order valence-corrected chi connectivity index (χ4v) is 4.66. The van der Waals surface area contributed by atoms with Gasteiger partial charge in [-0.1, -0.05) is 6.07 Å². The highest BCUT2D eigenvalue weighted by Crippen LogP contribution is 2.24. The number of rotatable bonds is 5. The molecular formula is C20H25N5OS. The maximum Gasteiger partial charge on any atom is 0.274 e. The lowest BCUT2D eigenvalue weighted by atomic mass is 10.2. The predicted octanol–water partition coefficient (Wildman–Crippen LogP) is 3.49. The van der Waals surface area contributed by atoms with E-state index in [1.165, 1.54) is 4.88 Å². The van der Waals surface area contributed by atoms with Crippen molar-refractivity contribution >= 4 is 22.9 Å². The molecule has 142 valence electrons. The molecule has 1 aliphatic heterocycles. The van der Waals surface area contributed by atoms with Gasteiger partial charge in [-0.15, -0.1) is 11.3 Å². The predicted molar refractivity (Wildman–Crippen MR) is 107 cm³/mol. The average Bonchev–Trinajstić information content (AvgIpc) is 3.37. The highest BCUT2D eigenvalue weighted by atomic mass is 32.1. The van der Waals surface area contributed by atoms with Gasteiger partial charge in [0, 0.05) is 36.8 Å². The van der Waals surface area contributed by atoms with Crippen LogP contribution >= 0.6 is 11.3 Å². The van der Waals surface area contributed by atoms with Crippen LogP contribution in [0, 0.1) is 13.8 Å². The molecule has 1 atom stereocenters. The van der Waals surface area contributed by atoms with Crippen molar-refractivity contribution in [2.75, 3.05) is 13.1 Å². The number of aryl methyl sites for hydroxylation is 2. The van der Waals surface area contributed by atoms with Crippen LogP contribution in [0.3, 0.4) is 0 Å². The number of carbonyl (C=O) groups is 1. The van der Waals surface area contributed by atoms with Gasteiger partial charge >= 0.3 is 0 Å². The van der Waals surface area contributed by atoms with Crippen LogP contribution < -0.4 is 5.32 Å². The van der Waals surface area contributed by atoms with Crippen LogP contribution in [0.5, 0.6) is 0 Å². The zero-order chi connectivity index (χ0) is 19.0. The van der Waals surface area contributed by atoms with E-state index in [9.17, 15) is 4.79 Å². The number of aromatic nitrogens is 3. The summed E-state index contributed by atoms with van der Waals surface area (Å²) in [5.41, 5.74) is 3.37. The lowest BCUT2D eigenvalue weighted by Crippen LogP contribution is -2.30. The van der Waals surface area contributed by atoms with Gasteiger partial charge in [-0.25, -0.2) is 9.97 Å². The van der Waals surface area contributed by atoms with E-state index < -0.39 is 0 Å². The fraction of sp³-hybridized carbons (Fsp3) is 0.450. The van der Waals surface area contributed by atoms with Gasteiger partial charge in [0.05, 0.1) is 16.4 Å². The summed E-state index contributed by atoms with van der Waals surface area (Å²) in [6.45, 7) is 8.48. The number of carbonyl (C=O) groups excluding carboxylic acids is 1. The number of hydrogen-bond acceptors (Lipinski definition) is 5. The molecule has 1 aliphatic rings. The third kappa shape index (κ3) is 3.49. The van der Waals surface area contributed by atoms with Crippen LogP contribution in [0.4, 0.5) is 0 Å². The van der Waals surface area contributed by atoms with Crippen LogP contribution in [0.25, 0.3) is 5.65 Å². The first-order chi connectivity index (χ1) is 13.0. The molecule has 0 unspecified atom stereocenters. The topological polar surface area (TPSA) is 62.5 Å². The summed E-state index contributed by atoms with van der Waals surface area (Å²) in [5.74, 6) is 0.0429. The lowest BCUT2D eigenvalue weighted by molar-refractivity contribution is 0.0786. The molecule has 1 N–H and O–H groups in total. The number of likely N-dealkylation sites (tertiary alicyclic amines) is 1. The van der Waals surface area contributed by atoms with E-state index in [1.54, 1.807) is 11.3 Å². The molecule has 1 saturated heterocycles. The molecule has 3 aromatic heterocycles. The van der Waals surface area contributed by atoms with E-state index in [0.717, 1.165) is 48.0 Å². The Balaban J connectivity index is 1.62. The Morgan fingerprint density at radius 1 is 1.26 bits per heavy atom. The largest absolute Gasteiger partial charge is 0.337 e. The lowest BCUT2D eigenvalue weighted by Gasteiger charge is -2.16. The number of imidazole rings is 1. The molecule has 7 heteroatoms. The molecule has 1 amide bonds. The first-order valence-corrected chi connectivity index (χ1v) is 10.3. The minimum atomic E-state index is 0.0429. The van der Waals surface area contributed by atoms with E-state index >= 15 is 0 Å². The molecule has 3 aromatic rings. The fourth-order valence-electron chi connectivity index (χ4n) is 3.75. The average molecular weight is 384 g/mol. The van der Waals surface area contributed by atoms with Crippen LogP contribution in [0.1, 0.15) is 57.6 Å². The van der Waals surface area contributed by atoms with Gasteiger partial charge in [0.2, 0.25) is 0 Å². The highest BCUT2D eigenvalue weighted by molar-refractivity contribution is 7.11. The monoisotopic (exact) mass is 383 g/mol. The molecule has 0 radical (unpaired) electrons. The smallest absolute Gasteiger partial charge is 0.274 e. The molecule has 0 aromatic carbocycles. The summed E-state index contributed by atoms with van der Waals surface area (Å²) in [6.07, 6.45) is 4.13. The van der Waals surface area contributed by atoms with Gasteiger partial charge in [0.25, 0.3) is 5.91 Å². The summed E-state index contributed by atoms with van der Waals surface area (Å²) in [6, 6.07) is 5.98. The Bertz CT molecular complexity index is 970. The van der Waals surface area contributed by atoms with Crippen LogP contribution in [-0.4, -0.2) is 38.3 Å². The maximum atomic E-state index is 13.0. The summed E-state index contributed by atoms with van der Waals surface area (Å²) in [5, 5.41) is 4.63. The molecule has 0 saturated carbocycles. The maximum absolute atomic E-state index is 13.0. The number of pyridine rings is 1. The van der Waals surface area contributed by atoms with Gasteiger partial charge in [0.1, 0.15) is 5.65 Å². The quantitative estimate of drug-likeness (QED) is 0.733. The second kappa shape index (κ2) is 7.40. The van der Waals surface area contributed by atoms with Crippen LogP contribution in [0.2, 0.25) is 0 Å². The number of fused-ring (bicyclic) bond motifs is 1. The molecule has 4 heterocycles. The van der Waals surface area contributed by atoms with Gasteiger partial charge in [-0.05, 0) is 45.7 Å². The summed E-state index contributed by atoms with van der Waals surface area (Å²) >= 11 is 1.72. The Kier molecular flexibility index (Phi) is 4.97. The van der Waals surface area contributed by atoms with Crippen molar-refractivity contribution in [2.45, 2.75) is 46.2 Å². The van der Waals surface area contributed by atoms with Gasteiger partial charge in [0.15, 0.2) is 5.69 Å². The van der Waals surface area contributed by atoms with Crippen LogP contribution in [-0.2, 0) is 6.54 Å². The Morgan fingerprint density at radius 3 is 2.74 bits per heavy atom. The van der Waals surface area contributed by atoms with E-state index in [0.29, 0.717) is 12.2 Å². The van der Waals surface area contributed by atoms with Gasteiger partial charge < -0.3 is 14.6 Å². The number of thiazole rings is 1. The summed E-state index contributed by atoms with van der Waals surface area (Å²) in [7, 11) is 0. The first-order valence-electron chi connectivity index (χ1n) is 9.47. The van der Waals surface area contributed by atoms with Crippen molar-refractivity contribution in [1.82, 2.24) is 24.6 Å². The van der Waals surface area contributed by atoms with Crippen molar-refractivity contribution in [2.24, 2.45) is 0 Å². The molecule has 1 fully saturated rings. The Morgan fingerprint density at radius 2 is 2.04 bits per heavy atom. The minimum absolute atomic E-state index is 0.0429. The SMILES string of the molecule is Cc1nc([C@H](C)NCc2c(C(=O)N3CCCC3)nc3ccccn23)c(C)s1. The van der Waals surface area contributed by atoms with Gasteiger partial charge in [-0.3, -0.25) is 4.79 Å². The third-order valence-electron chi connectivity index (χ3n) is 5.15. The molecule has 6 nitrogen and oxygen atoms in total. The second-order valence-electron chi connectivity index (χ2n) is 7.11. The van der Waals surface area contributed by atoms with Crippen molar-refractivity contribution in [3.8, 4) is 0 Å². The van der Waals surface area contributed by atoms with E-state index in [1.807, 2.05) is 40.6 Å². The van der Waals surface area contributed by atoms with Crippen molar-refractivity contribution in [3.05, 3.63) is 51.4 Å². The normalized spacial score (nSPS) is 15.6. The number of hydrogen-bond donors (Lipinski definition) is 1. The highest BCUT2D eigenvalue weighted by Gasteiger charge is 2.26. The van der Waals surface area contributed by atoms with E-state index in [-0.39, 0.29) is 11.9 Å². The molecular weight excluding hydrogens is 358 g/mol. The summed E-state index contributed by atoms with van der Waals surface area (Å²) in [4.78, 5) is 25.5. The minimum Gasteiger partial charge on any atom is -0.337 e. The zero-order valence-electron chi connectivity index (χ0n) is 16.0. The number of amides is 1. The van der Waals surface area contributed by atoms with E-state index in [2.05, 4.69) is 29.1 Å². The molecule has 0 aliphatic carbocycles. The Hall–Kier alpha value is -2.25.